The van der Waals surface area contributed by atoms with E-state index in [0.29, 0.717) is 12.6 Å². The molecule has 10 heteroatoms. The molecule has 166 valence electrons. The molecule has 0 N–H and O–H groups in total. The Kier molecular flexibility index (Phi) is 4.82. The van der Waals surface area contributed by atoms with Gasteiger partial charge in [0.15, 0.2) is 17.4 Å². The molecule has 3 aliphatic rings. The standard InChI is InChI=1S/C21H21F4N3O3/c22-15-6-12(7-16(23)19(15)31-14-3-4-21(24,25)9-14)11-30-17-8-18-27-5-1-2-13(27)10-28(18)20(29)26-17/h6-8,13-14H,1-5,9-11H2/t13?,14-/m0/s1. The number of benzene rings is 1. The molecule has 6 nitrogen and oxygen atoms in total. The van der Waals surface area contributed by atoms with Crippen molar-refractivity contribution in [3.63, 3.8) is 0 Å². The Balaban J connectivity index is 1.29. The van der Waals surface area contributed by atoms with Crippen LogP contribution in [0.25, 0.3) is 0 Å². The van der Waals surface area contributed by atoms with Gasteiger partial charge in [0.25, 0.3) is 5.92 Å². The maximum atomic E-state index is 14.4. The molecule has 1 aromatic heterocycles. The van der Waals surface area contributed by atoms with Gasteiger partial charge in [-0.2, -0.15) is 4.98 Å². The Hall–Kier alpha value is -2.78. The Labute approximate surface area is 175 Å². The summed E-state index contributed by atoms with van der Waals surface area (Å²) in [6.07, 6.45) is 0.256. The molecule has 0 spiro atoms. The van der Waals surface area contributed by atoms with Crippen molar-refractivity contribution in [2.45, 2.75) is 63.3 Å². The molecule has 2 aliphatic heterocycles. The van der Waals surface area contributed by atoms with Crippen LogP contribution in [-0.4, -0.2) is 34.2 Å². The van der Waals surface area contributed by atoms with Gasteiger partial charge >= 0.3 is 5.69 Å². The van der Waals surface area contributed by atoms with Crippen molar-refractivity contribution in [3.05, 3.63) is 45.9 Å². The zero-order chi connectivity index (χ0) is 21.8. The topological polar surface area (TPSA) is 56.6 Å². The third-order valence-electron chi connectivity index (χ3n) is 6.12. The summed E-state index contributed by atoms with van der Waals surface area (Å²) in [6.45, 7) is 1.25. The summed E-state index contributed by atoms with van der Waals surface area (Å²) in [6, 6.07) is 4.02. The fraction of sp³-hybridized carbons (Fsp3) is 0.524. The first-order valence-electron chi connectivity index (χ1n) is 10.3. The summed E-state index contributed by atoms with van der Waals surface area (Å²) in [5.41, 5.74) is -0.253. The molecule has 1 aliphatic carbocycles. The highest BCUT2D eigenvalue weighted by molar-refractivity contribution is 5.48. The van der Waals surface area contributed by atoms with Crippen LogP contribution in [0.15, 0.2) is 23.0 Å². The van der Waals surface area contributed by atoms with Gasteiger partial charge in [0.1, 0.15) is 18.5 Å². The average molecular weight is 439 g/mol. The minimum Gasteiger partial charge on any atom is -0.484 e. The molecule has 2 atom stereocenters. The second kappa shape index (κ2) is 7.42. The van der Waals surface area contributed by atoms with E-state index in [2.05, 4.69) is 9.88 Å². The van der Waals surface area contributed by atoms with E-state index in [4.69, 9.17) is 9.47 Å². The van der Waals surface area contributed by atoms with Crippen LogP contribution in [0.1, 0.15) is 37.7 Å². The summed E-state index contributed by atoms with van der Waals surface area (Å²) in [5.74, 6) is -4.70. The molecule has 0 amide bonds. The number of halogens is 4. The molecule has 3 heterocycles. The maximum absolute atomic E-state index is 14.4. The van der Waals surface area contributed by atoms with Crippen LogP contribution < -0.4 is 20.1 Å². The summed E-state index contributed by atoms with van der Waals surface area (Å²) in [4.78, 5) is 18.3. The summed E-state index contributed by atoms with van der Waals surface area (Å²) >= 11 is 0. The minimum atomic E-state index is -2.87. The number of alkyl halides is 2. The van der Waals surface area contributed by atoms with Crippen molar-refractivity contribution in [2.24, 2.45) is 0 Å². The highest BCUT2D eigenvalue weighted by atomic mass is 19.3. The summed E-state index contributed by atoms with van der Waals surface area (Å²) in [5, 5.41) is 0. The van der Waals surface area contributed by atoms with Crippen molar-refractivity contribution in [1.82, 2.24) is 9.55 Å². The zero-order valence-electron chi connectivity index (χ0n) is 16.6. The first-order chi connectivity index (χ1) is 14.8. The molecular formula is C21H21F4N3O3. The van der Waals surface area contributed by atoms with Crippen LogP contribution in [0.2, 0.25) is 0 Å². The highest BCUT2D eigenvalue weighted by Crippen LogP contribution is 2.38. The van der Waals surface area contributed by atoms with E-state index in [-0.39, 0.29) is 30.9 Å². The SMILES string of the molecule is O=c1nc(OCc2cc(F)c(O[C@H]3CCC(F)(F)C3)c(F)c2)cc2n1CC1CCCN21. The van der Waals surface area contributed by atoms with E-state index in [1.165, 1.54) is 0 Å². The number of rotatable bonds is 5. The van der Waals surface area contributed by atoms with E-state index < -0.39 is 41.5 Å². The molecule has 0 radical (unpaired) electrons. The number of fused-ring (bicyclic) bond motifs is 3. The Morgan fingerprint density at radius 2 is 1.94 bits per heavy atom. The van der Waals surface area contributed by atoms with Crippen LogP contribution in [0.4, 0.5) is 23.4 Å². The summed E-state index contributed by atoms with van der Waals surface area (Å²) < 4.78 is 67.7. The lowest BCUT2D eigenvalue weighted by Gasteiger charge is -2.17. The van der Waals surface area contributed by atoms with Crippen LogP contribution in [0.5, 0.6) is 11.6 Å². The Morgan fingerprint density at radius 3 is 2.65 bits per heavy atom. The Bertz CT molecular complexity index is 1050. The molecule has 5 rings (SSSR count). The second-order valence-electron chi connectivity index (χ2n) is 8.35. The number of aromatic nitrogens is 2. The van der Waals surface area contributed by atoms with E-state index in [9.17, 15) is 22.4 Å². The van der Waals surface area contributed by atoms with Gasteiger partial charge in [0, 0.05) is 38.0 Å². The quantitative estimate of drug-likeness (QED) is 0.666. The fourth-order valence-electron chi connectivity index (χ4n) is 4.64. The van der Waals surface area contributed by atoms with E-state index in [1.54, 1.807) is 10.6 Å². The largest absolute Gasteiger partial charge is 0.484 e. The van der Waals surface area contributed by atoms with Crippen molar-refractivity contribution >= 4 is 5.82 Å². The molecule has 1 unspecified atom stereocenters. The van der Waals surface area contributed by atoms with Crippen molar-refractivity contribution in [1.29, 1.82) is 0 Å². The van der Waals surface area contributed by atoms with Crippen LogP contribution in [0, 0.1) is 11.6 Å². The van der Waals surface area contributed by atoms with E-state index in [0.717, 1.165) is 37.3 Å². The number of nitrogens with zero attached hydrogens (tertiary/aromatic N) is 3. The third-order valence-corrected chi connectivity index (χ3v) is 6.12. The highest BCUT2D eigenvalue weighted by Gasteiger charge is 2.41. The van der Waals surface area contributed by atoms with Gasteiger partial charge in [-0.05, 0) is 37.0 Å². The second-order valence-corrected chi connectivity index (χ2v) is 8.35. The summed E-state index contributed by atoms with van der Waals surface area (Å²) in [7, 11) is 0. The molecule has 1 saturated heterocycles. The molecule has 0 bridgehead atoms. The zero-order valence-corrected chi connectivity index (χ0v) is 16.6. The van der Waals surface area contributed by atoms with Gasteiger partial charge in [-0.1, -0.05) is 0 Å². The predicted octanol–water partition coefficient (Wildman–Crippen LogP) is 3.65. The number of ether oxygens (including phenoxy) is 2. The first-order valence-corrected chi connectivity index (χ1v) is 10.3. The molecule has 1 saturated carbocycles. The lowest BCUT2D eigenvalue weighted by atomic mass is 10.2. The lowest BCUT2D eigenvalue weighted by molar-refractivity contribution is -0.00168. The number of hydrogen-bond acceptors (Lipinski definition) is 5. The normalized spacial score (nSPS) is 23.7. The van der Waals surface area contributed by atoms with Crippen molar-refractivity contribution in [3.8, 4) is 11.6 Å². The van der Waals surface area contributed by atoms with Crippen LogP contribution in [0.3, 0.4) is 0 Å². The lowest BCUT2D eigenvalue weighted by Crippen LogP contribution is -2.24. The van der Waals surface area contributed by atoms with Gasteiger partial charge in [-0.25, -0.2) is 22.4 Å². The molecule has 1 aromatic carbocycles. The molecule has 2 aromatic rings. The van der Waals surface area contributed by atoms with Crippen LogP contribution in [-0.2, 0) is 13.2 Å². The van der Waals surface area contributed by atoms with Gasteiger partial charge < -0.3 is 14.4 Å². The molecule has 2 fully saturated rings. The fourth-order valence-corrected chi connectivity index (χ4v) is 4.64. The number of anilines is 1. The van der Waals surface area contributed by atoms with E-state index in [1.807, 2.05) is 0 Å². The molecular weight excluding hydrogens is 418 g/mol. The van der Waals surface area contributed by atoms with Gasteiger partial charge in [0.05, 0.1) is 0 Å². The smallest absolute Gasteiger partial charge is 0.352 e. The molecule has 31 heavy (non-hydrogen) atoms. The van der Waals surface area contributed by atoms with Crippen molar-refractivity contribution < 1.29 is 27.0 Å². The van der Waals surface area contributed by atoms with Crippen molar-refractivity contribution in [2.75, 3.05) is 11.4 Å². The predicted molar refractivity (Wildman–Crippen MR) is 103 cm³/mol. The van der Waals surface area contributed by atoms with Gasteiger partial charge in [0.2, 0.25) is 5.88 Å². The minimum absolute atomic E-state index is 0.0359. The van der Waals surface area contributed by atoms with Gasteiger partial charge in [-0.3, -0.25) is 4.57 Å². The number of hydrogen-bond donors (Lipinski definition) is 0. The van der Waals surface area contributed by atoms with Gasteiger partial charge in [-0.15, -0.1) is 0 Å². The maximum Gasteiger partial charge on any atom is 0.352 e. The average Bonchev–Trinajstić information content (AvgIpc) is 3.38. The third kappa shape index (κ3) is 3.83. The Morgan fingerprint density at radius 1 is 1.16 bits per heavy atom. The van der Waals surface area contributed by atoms with Crippen LogP contribution >= 0.6 is 0 Å². The monoisotopic (exact) mass is 439 g/mol. The first kappa shape index (κ1) is 20.1. The van der Waals surface area contributed by atoms with E-state index >= 15 is 0 Å².